The van der Waals surface area contributed by atoms with Gasteiger partial charge in [-0.3, -0.25) is 4.98 Å². The van der Waals surface area contributed by atoms with Crippen molar-refractivity contribution in [2.75, 3.05) is 18.0 Å². The maximum absolute atomic E-state index is 6.15. The largest absolute Gasteiger partial charge is 0.487 e. The molecule has 0 bridgehead atoms. The van der Waals surface area contributed by atoms with Crippen LogP contribution in [0.2, 0.25) is 0 Å². The first-order valence-electron chi connectivity index (χ1n) is 10.1. The average Bonchev–Trinajstić information content (AvgIpc) is 3.31. The van der Waals surface area contributed by atoms with Crippen LogP contribution in [0, 0.1) is 0 Å². The second kappa shape index (κ2) is 8.33. The summed E-state index contributed by atoms with van der Waals surface area (Å²) in [5.74, 6) is 1.66. The SMILES string of the molecule is c1cncc(OCc2ccc(OC3CN(c4ccccc4-n4cccc4)C3)cc2)c1. The van der Waals surface area contributed by atoms with Gasteiger partial charge in [0, 0.05) is 18.6 Å². The van der Waals surface area contributed by atoms with Crippen LogP contribution in [-0.4, -0.2) is 28.7 Å². The number of hydrogen-bond donors (Lipinski definition) is 0. The predicted octanol–water partition coefficient (Wildman–Crippen LogP) is 4.72. The smallest absolute Gasteiger partial charge is 0.138 e. The molecule has 0 saturated carbocycles. The Morgan fingerprint density at radius 2 is 1.57 bits per heavy atom. The standard InChI is InChI=1S/C25H23N3O2/c1-2-8-25(24(7-1)27-14-3-4-15-27)28-17-23(18-28)30-21-11-9-20(10-12-21)19-29-22-6-5-13-26-16-22/h1-16,23H,17-19H2. The van der Waals surface area contributed by atoms with Gasteiger partial charge in [0.25, 0.3) is 0 Å². The molecule has 0 atom stereocenters. The van der Waals surface area contributed by atoms with Gasteiger partial charge in [-0.1, -0.05) is 24.3 Å². The van der Waals surface area contributed by atoms with Crippen molar-refractivity contribution in [1.82, 2.24) is 9.55 Å². The number of ether oxygens (including phenoxy) is 2. The highest BCUT2D eigenvalue weighted by Crippen LogP contribution is 2.30. The molecule has 0 spiro atoms. The number of benzene rings is 2. The van der Waals surface area contributed by atoms with Crippen LogP contribution in [0.1, 0.15) is 5.56 Å². The molecule has 2 aromatic heterocycles. The molecule has 1 saturated heterocycles. The van der Waals surface area contributed by atoms with E-state index in [2.05, 4.69) is 51.1 Å². The molecular weight excluding hydrogens is 374 g/mol. The maximum atomic E-state index is 6.15. The van der Waals surface area contributed by atoms with E-state index in [-0.39, 0.29) is 6.10 Å². The van der Waals surface area contributed by atoms with Gasteiger partial charge in [0.1, 0.15) is 24.2 Å². The lowest BCUT2D eigenvalue weighted by Crippen LogP contribution is -2.54. The highest BCUT2D eigenvalue weighted by atomic mass is 16.5. The third kappa shape index (κ3) is 4.01. The third-order valence-electron chi connectivity index (χ3n) is 5.22. The van der Waals surface area contributed by atoms with Crippen LogP contribution in [0.15, 0.2) is 97.6 Å². The van der Waals surface area contributed by atoms with Gasteiger partial charge < -0.3 is 18.9 Å². The number of rotatable bonds is 7. The van der Waals surface area contributed by atoms with Gasteiger partial charge in [-0.05, 0) is 54.1 Å². The molecule has 30 heavy (non-hydrogen) atoms. The molecule has 5 rings (SSSR count). The summed E-state index contributed by atoms with van der Waals surface area (Å²) in [4.78, 5) is 6.41. The maximum Gasteiger partial charge on any atom is 0.138 e. The van der Waals surface area contributed by atoms with E-state index >= 15 is 0 Å². The zero-order valence-electron chi connectivity index (χ0n) is 16.6. The Bertz CT molecular complexity index is 1070. The first-order valence-corrected chi connectivity index (χ1v) is 10.1. The number of aromatic nitrogens is 2. The molecule has 5 nitrogen and oxygen atoms in total. The second-order valence-electron chi connectivity index (χ2n) is 7.35. The van der Waals surface area contributed by atoms with Gasteiger partial charge in [0.05, 0.1) is 30.7 Å². The van der Waals surface area contributed by atoms with Crippen molar-refractivity contribution in [2.45, 2.75) is 12.7 Å². The Morgan fingerprint density at radius 1 is 0.800 bits per heavy atom. The van der Waals surface area contributed by atoms with Gasteiger partial charge in [-0.25, -0.2) is 0 Å². The molecule has 0 radical (unpaired) electrons. The summed E-state index contributed by atoms with van der Waals surface area (Å²) in [6.45, 7) is 2.27. The third-order valence-corrected chi connectivity index (χ3v) is 5.22. The first kappa shape index (κ1) is 18.3. The zero-order valence-corrected chi connectivity index (χ0v) is 16.6. The molecule has 0 N–H and O–H groups in total. The van der Waals surface area contributed by atoms with Crippen molar-refractivity contribution in [1.29, 1.82) is 0 Å². The van der Waals surface area contributed by atoms with Crippen LogP contribution in [0.4, 0.5) is 5.69 Å². The van der Waals surface area contributed by atoms with Crippen molar-refractivity contribution in [3.05, 3.63) is 103 Å². The predicted molar refractivity (Wildman–Crippen MR) is 117 cm³/mol. The highest BCUT2D eigenvalue weighted by Gasteiger charge is 2.30. The van der Waals surface area contributed by atoms with Gasteiger partial charge >= 0.3 is 0 Å². The minimum atomic E-state index is 0.195. The number of para-hydroxylation sites is 2. The van der Waals surface area contributed by atoms with E-state index in [1.54, 1.807) is 12.4 Å². The summed E-state index contributed by atoms with van der Waals surface area (Å²) >= 11 is 0. The summed E-state index contributed by atoms with van der Waals surface area (Å²) in [5.41, 5.74) is 3.53. The average molecular weight is 397 g/mol. The van der Waals surface area contributed by atoms with Crippen LogP contribution < -0.4 is 14.4 Å². The van der Waals surface area contributed by atoms with Crippen molar-refractivity contribution in [3.8, 4) is 17.2 Å². The van der Waals surface area contributed by atoms with Crippen molar-refractivity contribution in [2.24, 2.45) is 0 Å². The topological polar surface area (TPSA) is 39.5 Å². The van der Waals surface area contributed by atoms with E-state index in [1.807, 2.05) is 48.5 Å². The van der Waals surface area contributed by atoms with E-state index < -0.39 is 0 Å². The lowest BCUT2D eigenvalue weighted by atomic mass is 10.1. The van der Waals surface area contributed by atoms with Crippen molar-refractivity contribution in [3.63, 3.8) is 0 Å². The van der Waals surface area contributed by atoms with Gasteiger partial charge in [-0.2, -0.15) is 0 Å². The zero-order chi connectivity index (χ0) is 20.2. The molecule has 2 aromatic carbocycles. The molecule has 0 aliphatic carbocycles. The summed E-state index contributed by atoms with van der Waals surface area (Å²) in [7, 11) is 0. The fourth-order valence-electron chi connectivity index (χ4n) is 3.61. The van der Waals surface area contributed by atoms with Crippen LogP contribution in [0.25, 0.3) is 5.69 Å². The minimum Gasteiger partial charge on any atom is -0.487 e. The summed E-state index contributed by atoms with van der Waals surface area (Å²) < 4.78 is 14.0. The Hall–Kier alpha value is -3.73. The molecule has 3 heterocycles. The molecule has 0 unspecified atom stereocenters. The number of hydrogen-bond acceptors (Lipinski definition) is 4. The molecule has 1 aliphatic rings. The van der Waals surface area contributed by atoms with E-state index in [4.69, 9.17) is 9.47 Å². The highest BCUT2D eigenvalue weighted by molar-refractivity contribution is 5.64. The van der Waals surface area contributed by atoms with E-state index in [0.29, 0.717) is 6.61 Å². The molecule has 150 valence electrons. The Kier molecular flexibility index (Phi) is 5.08. The summed E-state index contributed by atoms with van der Waals surface area (Å²) in [6.07, 6.45) is 7.80. The normalized spacial score (nSPS) is 13.7. The number of anilines is 1. The Labute approximate surface area is 176 Å². The fourth-order valence-corrected chi connectivity index (χ4v) is 3.61. The molecule has 1 aliphatic heterocycles. The van der Waals surface area contributed by atoms with Crippen LogP contribution in [0.5, 0.6) is 11.5 Å². The van der Waals surface area contributed by atoms with Crippen LogP contribution >= 0.6 is 0 Å². The van der Waals surface area contributed by atoms with Crippen molar-refractivity contribution >= 4 is 5.69 Å². The monoisotopic (exact) mass is 397 g/mol. The second-order valence-corrected chi connectivity index (χ2v) is 7.35. The van der Waals surface area contributed by atoms with Crippen molar-refractivity contribution < 1.29 is 9.47 Å². The van der Waals surface area contributed by atoms with E-state index in [1.165, 1.54) is 11.4 Å². The molecule has 1 fully saturated rings. The number of nitrogens with zero attached hydrogens (tertiary/aromatic N) is 3. The van der Waals surface area contributed by atoms with E-state index in [9.17, 15) is 0 Å². The quantitative estimate of drug-likeness (QED) is 0.452. The van der Waals surface area contributed by atoms with Crippen LogP contribution in [-0.2, 0) is 6.61 Å². The fraction of sp³-hybridized carbons (Fsp3) is 0.160. The summed E-state index contributed by atoms with van der Waals surface area (Å²) in [6, 6.07) is 24.5. The van der Waals surface area contributed by atoms with Gasteiger partial charge in [0.15, 0.2) is 0 Å². The molecular formula is C25H23N3O2. The number of pyridine rings is 1. The van der Waals surface area contributed by atoms with Crippen LogP contribution in [0.3, 0.4) is 0 Å². The van der Waals surface area contributed by atoms with E-state index in [0.717, 1.165) is 30.2 Å². The minimum absolute atomic E-state index is 0.195. The Morgan fingerprint density at radius 3 is 2.30 bits per heavy atom. The Balaban J connectivity index is 1.16. The van der Waals surface area contributed by atoms with Gasteiger partial charge in [0.2, 0.25) is 0 Å². The van der Waals surface area contributed by atoms with Gasteiger partial charge in [-0.15, -0.1) is 0 Å². The lowest BCUT2D eigenvalue weighted by Gasteiger charge is -2.41. The molecule has 5 heteroatoms. The first-order chi connectivity index (χ1) is 14.8. The lowest BCUT2D eigenvalue weighted by molar-refractivity contribution is 0.167. The molecule has 4 aromatic rings. The molecule has 0 amide bonds. The summed E-state index contributed by atoms with van der Waals surface area (Å²) in [5, 5.41) is 0.